The van der Waals surface area contributed by atoms with Crippen molar-refractivity contribution in [2.24, 2.45) is 0 Å². The van der Waals surface area contributed by atoms with Crippen LogP contribution in [0.4, 0.5) is 0 Å². The zero-order valence-electron chi connectivity index (χ0n) is 21.9. The van der Waals surface area contributed by atoms with E-state index in [9.17, 15) is 18.0 Å². The SMILES string of the molecule is CCCNC(=O)[C@@H](Cc1ccccc1)N(Cc1cccc(Br)c1)C(=O)CN(C)S(=O)(=O)c1ccc(C)cc1. The molecule has 9 heteroatoms. The Balaban J connectivity index is 1.96. The second kappa shape index (κ2) is 13.7. The molecule has 3 rings (SSSR count). The lowest BCUT2D eigenvalue weighted by Crippen LogP contribution is -2.53. The largest absolute Gasteiger partial charge is 0.354 e. The zero-order valence-corrected chi connectivity index (χ0v) is 24.3. The van der Waals surface area contributed by atoms with Crippen molar-refractivity contribution in [2.75, 3.05) is 20.1 Å². The third-order valence-electron chi connectivity index (χ3n) is 6.15. The molecule has 0 aliphatic heterocycles. The summed E-state index contributed by atoms with van der Waals surface area (Å²) in [7, 11) is -2.52. The summed E-state index contributed by atoms with van der Waals surface area (Å²) >= 11 is 3.47. The first-order valence-electron chi connectivity index (χ1n) is 12.5. The Morgan fingerprint density at radius 3 is 2.24 bits per heavy atom. The van der Waals surface area contributed by atoms with Crippen molar-refractivity contribution in [3.05, 3.63) is 100 Å². The van der Waals surface area contributed by atoms with E-state index in [1.165, 1.54) is 24.1 Å². The fourth-order valence-corrected chi connectivity index (χ4v) is 5.58. The number of likely N-dealkylation sites (N-methyl/N-ethyl adjacent to an activating group) is 1. The van der Waals surface area contributed by atoms with Crippen LogP contribution in [0.15, 0.2) is 88.2 Å². The lowest BCUT2D eigenvalue weighted by molar-refractivity contribution is -0.141. The molecule has 0 spiro atoms. The predicted octanol–water partition coefficient (Wildman–Crippen LogP) is 4.54. The molecule has 0 aromatic heterocycles. The van der Waals surface area contributed by atoms with Gasteiger partial charge in [-0.1, -0.05) is 83.0 Å². The number of rotatable bonds is 12. The molecule has 0 aliphatic rings. The topological polar surface area (TPSA) is 86.8 Å². The van der Waals surface area contributed by atoms with Gasteiger partial charge in [0, 0.05) is 31.0 Å². The summed E-state index contributed by atoms with van der Waals surface area (Å²) in [6, 6.07) is 22.7. The number of hydrogen-bond acceptors (Lipinski definition) is 4. The standard InChI is InChI=1S/C29H34BrN3O4S/c1-4-17-31-29(35)27(19-23-9-6-5-7-10-23)33(20-24-11-8-12-25(30)18-24)28(34)21-32(3)38(36,37)26-15-13-22(2)14-16-26/h5-16,18,27H,4,17,19-21H2,1-3H3,(H,31,35)/t27-/m1/s1. The van der Waals surface area contributed by atoms with Gasteiger partial charge in [-0.3, -0.25) is 9.59 Å². The fourth-order valence-electron chi connectivity index (χ4n) is 4.01. The molecule has 38 heavy (non-hydrogen) atoms. The summed E-state index contributed by atoms with van der Waals surface area (Å²) in [6.45, 7) is 4.05. The molecule has 0 fully saturated rings. The minimum Gasteiger partial charge on any atom is -0.354 e. The maximum absolute atomic E-state index is 13.8. The van der Waals surface area contributed by atoms with E-state index in [1.54, 1.807) is 12.1 Å². The molecule has 202 valence electrons. The second-order valence-electron chi connectivity index (χ2n) is 9.22. The van der Waals surface area contributed by atoms with Crippen LogP contribution in [0, 0.1) is 6.92 Å². The lowest BCUT2D eigenvalue weighted by Gasteiger charge is -2.32. The summed E-state index contributed by atoms with van der Waals surface area (Å²) in [5, 5.41) is 2.93. The van der Waals surface area contributed by atoms with Crippen LogP contribution in [0.5, 0.6) is 0 Å². The third kappa shape index (κ3) is 7.99. The predicted molar refractivity (Wildman–Crippen MR) is 153 cm³/mol. The number of amides is 2. The van der Waals surface area contributed by atoms with Crippen molar-refractivity contribution in [1.82, 2.24) is 14.5 Å². The van der Waals surface area contributed by atoms with E-state index in [0.29, 0.717) is 13.0 Å². The molecular formula is C29H34BrN3O4S. The maximum Gasteiger partial charge on any atom is 0.243 e. The van der Waals surface area contributed by atoms with Crippen LogP contribution in [-0.2, 0) is 32.6 Å². The third-order valence-corrected chi connectivity index (χ3v) is 8.46. The number of benzene rings is 3. The summed E-state index contributed by atoms with van der Waals surface area (Å²) < 4.78 is 28.3. The Hall–Kier alpha value is -3.01. The fraction of sp³-hybridized carbons (Fsp3) is 0.310. The molecule has 2 amide bonds. The average Bonchev–Trinajstić information content (AvgIpc) is 2.90. The van der Waals surface area contributed by atoms with Crippen molar-refractivity contribution in [1.29, 1.82) is 0 Å². The Morgan fingerprint density at radius 1 is 0.947 bits per heavy atom. The zero-order chi connectivity index (χ0) is 27.7. The molecule has 0 saturated carbocycles. The summed E-state index contributed by atoms with van der Waals surface area (Å²) in [6.07, 6.45) is 1.05. The molecule has 1 N–H and O–H groups in total. The molecule has 7 nitrogen and oxygen atoms in total. The lowest BCUT2D eigenvalue weighted by atomic mass is 10.0. The minimum atomic E-state index is -3.91. The van der Waals surface area contributed by atoms with Crippen LogP contribution in [0.3, 0.4) is 0 Å². The highest BCUT2D eigenvalue weighted by Crippen LogP contribution is 2.20. The van der Waals surface area contributed by atoms with Gasteiger partial charge >= 0.3 is 0 Å². The van der Waals surface area contributed by atoms with E-state index < -0.39 is 28.5 Å². The van der Waals surface area contributed by atoms with Crippen molar-refractivity contribution in [3.63, 3.8) is 0 Å². The molecule has 1 atom stereocenters. The van der Waals surface area contributed by atoms with Gasteiger partial charge in [0.15, 0.2) is 0 Å². The number of halogens is 1. The van der Waals surface area contributed by atoms with Gasteiger partial charge in [0.2, 0.25) is 21.8 Å². The van der Waals surface area contributed by atoms with E-state index in [0.717, 1.165) is 31.9 Å². The molecule has 0 heterocycles. The van der Waals surface area contributed by atoms with Gasteiger partial charge in [-0.15, -0.1) is 0 Å². The first-order valence-corrected chi connectivity index (χ1v) is 14.7. The average molecular weight is 601 g/mol. The normalized spacial score (nSPS) is 12.2. The Kier molecular flexibility index (Phi) is 10.6. The summed E-state index contributed by atoms with van der Waals surface area (Å²) in [5.41, 5.74) is 2.65. The van der Waals surface area contributed by atoms with Crippen LogP contribution >= 0.6 is 15.9 Å². The van der Waals surface area contributed by atoms with Crippen molar-refractivity contribution < 1.29 is 18.0 Å². The first-order chi connectivity index (χ1) is 18.1. The molecule has 3 aromatic carbocycles. The monoisotopic (exact) mass is 599 g/mol. The minimum absolute atomic E-state index is 0.110. The number of sulfonamides is 1. The first kappa shape index (κ1) is 29.5. The van der Waals surface area contributed by atoms with E-state index in [2.05, 4.69) is 21.2 Å². The number of nitrogens with zero attached hydrogens (tertiary/aromatic N) is 2. The molecule has 0 radical (unpaired) electrons. The molecule has 0 aliphatic carbocycles. The highest BCUT2D eigenvalue weighted by molar-refractivity contribution is 9.10. The molecule has 0 saturated heterocycles. The van der Waals surface area contributed by atoms with Crippen LogP contribution in [-0.4, -0.2) is 55.6 Å². The van der Waals surface area contributed by atoms with Gasteiger partial charge in [-0.25, -0.2) is 8.42 Å². The summed E-state index contributed by atoms with van der Waals surface area (Å²) in [5.74, 6) is -0.737. The maximum atomic E-state index is 13.8. The highest BCUT2D eigenvalue weighted by Gasteiger charge is 2.33. The van der Waals surface area contributed by atoms with Gasteiger partial charge in [0.05, 0.1) is 11.4 Å². The Labute approximate surface area is 234 Å². The Bertz CT molecular complexity index is 1330. The van der Waals surface area contributed by atoms with Gasteiger partial charge in [-0.05, 0) is 48.7 Å². The Morgan fingerprint density at radius 2 is 1.61 bits per heavy atom. The molecule has 0 bridgehead atoms. The van der Waals surface area contributed by atoms with Gasteiger partial charge in [0.25, 0.3) is 0 Å². The second-order valence-corrected chi connectivity index (χ2v) is 12.2. The number of nitrogens with one attached hydrogen (secondary N) is 1. The smallest absolute Gasteiger partial charge is 0.243 e. The van der Waals surface area contributed by atoms with Crippen molar-refractivity contribution in [2.45, 2.75) is 44.2 Å². The van der Waals surface area contributed by atoms with Crippen LogP contribution in [0.25, 0.3) is 0 Å². The van der Waals surface area contributed by atoms with Gasteiger partial charge in [-0.2, -0.15) is 4.31 Å². The van der Waals surface area contributed by atoms with E-state index in [1.807, 2.05) is 68.4 Å². The van der Waals surface area contributed by atoms with Gasteiger partial charge in [0.1, 0.15) is 6.04 Å². The molecule has 0 unspecified atom stereocenters. The number of hydrogen-bond donors (Lipinski definition) is 1. The van der Waals surface area contributed by atoms with E-state index >= 15 is 0 Å². The number of aryl methyl sites for hydroxylation is 1. The van der Waals surface area contributed by atoms with Crippen LogP contribution in [0.1, 0.15) is 30.0 Å². The van der Waals surface area contributed by atoms with Crippen molar-refractivity contribution in [3.8, 4) is 0 Å². The van der Waals surface area contributed by atoms with Crippen LogP contribution in [0.2, 0.25) is 0 Å². The molecule has 3 aromatic rings. The quantitative estimate of drug-likeness (QED) is 0.331. The van der Waals surface area contributed by atoms with Crippen molar-refractivity contribution >= 4 is 37.8 Å². The summed E-state index contributed by atoms with van der Waals surface area (Å²) in [4.78, 5) is 28.8. The van der Waals surface area contributed by atoms with Crippen LogP contribution < -0.4 is 5.32 Å². The number of carbonyl (C=O) groups excluding carboxylic acids is 2. The van der Waals surface area contributed by atoms with Gasteiger partial charge < -0.3 is 10.2 Å². The van der Waals surface area contributed by atoms with E-state index in [4.69, 9.17) is 0 Å². The number of carbonyl (C=O) groups is 2. The van der Waals surface area contributed by atoms with E-state index in [-0.39, 0.29) is 17.3 Å². The molecular weight excluding hydrogens is 566 g/mol. The highest BCUT2D eigenvalue weighted by atomic mass is 79.9.